The van der Waals surface area contributed by atoms with E-state index >= 15 is 0 Å². The number of aliphatic hydroxyl groups excluding tert-OH is 1. The van der Waals surface area contributed by atoms with Gasteiger partial charge in [0.05, 0.1) is 13.2 Å². The van der Waals surface area contributed by atoms with Crippen LogP contribution in [0, 0.1) is 0 Å². The first kappa shape index (κ1) is 18.0. The van der Waals surface area contributed by atoms with E-state index in [2.05, 4.69) is 0 Å². The lowest BCUT2D eigenvalue weighted by atomic mass is 10.3. The van der Waals surface area contributed by atoms with Crippen molar-refractivity contribution in [3.63, 3.8) is 0 Å². The molecule has 0 aliphatic heterocycles. The molecule has 5 heteroatoms. The van der Waals surface area contributed by atoms with Gasteiger partial charge in [-0.15, -0.1) is 11.6 Å². The average molecular weight is 353 g/mol. The molecule has 2 aromatic rings. The number of rotatable bonds is 10. The maximum atomic E-state index is 8.73. The summed E-state index contributed by atoms with van der Waals surface area (Å²) in [5, 5.41) is 8.73. The Balaban J connectivity index is 1.84. The van der Waals surface area contributed by atoms with Gasteiger partial charge in [-0.2, -0.15) is 0 Å². The second-order valence-corrected chi connectivity index (χ2v) is 6.39. The fourth-order valence-electron chi connectivity index (χ4n) is 1.84. The van der Waals surface area contributed by atoms with Gasteiger partial charge in [0.25, 0.3) is 0 Å². The highest BCUT2D eigenvalue weighted by atomic mass is 35.5. The monoisotopic (exact) mass is 352 g/mol. The molecule has 0 fully saturated rings. The second kappa shape index (κ2) is 10.4. The van der Waals surface area contributed by atoms with Crippen LogP contribution in [-0.4, -0.2) is 30.8 Å². The first-order valence-electron chi connectivity index (χ1n) is 7.62. The Labute approximate surface area is 146 Å². The van der Waals surface area contributed by atoms with E-state index in [-0.39, 0.29) is 6.61 Å². The zero-order valence-corrected chi connectivity index (χ0v) is 14.5. The molecule has 0 bridgehead atoms. The lowest BCUT2D eigenvalue weighted by molar-refractivity contribution is 0.233. The average Bonchev–Trinajstić information content (AvgIpc) is 2.58. The van der Waals surface area contributed by atoms with Gasteiger partial charge < -0.3 is 14.6 Å². The zero-order chi connectivity index (χ0) is 16.3. The summed E-state index contributed by atoms with van der Waals surface area (Å²) in [5.74, 6) is 2.31. The Morgan fingerprint density at radius 3 is 1.70 bits per heavy atom. The van der Waals surface area contributed by atoms with E-state index in [1.807, 2.05) is 48.5 Å². The third-order valence-electron chi connectivity index (χ3n) is 3.00. The van der Waals surface area contributed by atoms with Crippen LogP contribution in [0.1, 0.15) is 12.8 Å². The van der Waals surface area contributed by atoms with Gasteiger partial charge in [-0.25, -0.2) is 0 Å². The summed E-state index contributed by atoms with van der Waals surface area (Å²) in [4.78, 5) is 2.30. The lowest BCUT2D eigenvalue weighted by Crippen LogP contribution is -1.99. The highest BCUT2D eigenvalue weighted by Crippen LogP contribution is 2.30. The van der Waals surface area contributed by atoms with Crippen molar-refractivity contribution in [3.8, 4) is 11.5 Å². The third kappa shape index (κ3) is 6.73. The summed E-state index contributed by atoms with van der Waals surface area (Å²) in [5.41, 5.74) is 0. The van der Waals surface area contributed by atoms with Crippen molar-refractivity contribution < 1.29 is 14.6 Å². The van der Waals surface area contributed by atoms with E-state index in [0.29, 0.717) is 25.5 Å². The van der Waals surface area contributed by atoms with Gasteiger partial charge in [-0.3, -0.25) is 0 Å². The standard InChI is InChI=1S/C18H21ClO3S/c19-11-1-13-21-15-3-7-17(8-4-15)23-18-9-5-16(6-10-18)22-14-2-12-20/h3-10,20H,1-2,11-14H2. The van der Waals surface area contributed by atoms with Crippen LogP contribution in [0.2, 0.25) is 0 Å². The molecule has 0 aliphatic carbocycles. The normalized spacial score (nSPS) is 10.5. The molecule has 0 spiro atoms. The molecule has 0 unspecified atom stereocenters. The number of hydrogen-bond donors (Lipinski definition) is 1. The molecule has 3 nitrogen and oxygen atoms in total. The minimum Gasteiger partial charge on any atom is -0.494 e. The maximum absolute atomic E-state index is 8.73. The second-order valence-electron chi connectivity index (χ2n) is 4.86. The van der Waals surface area contributed by atoms with E-state index < -0.39 is 0 Å². The Hall–Kier alpha value is -1.36. The highest BCUT2D eigenvalue weighted by Gasteiger charge is 2.00. The van der Waals surface area contributed by atoms with Crippen molar-refractivity contribution >= 4 is 23.4 Å². The van der Waals surface area contributed by atoms with E-state index in [4.69, 9.17) is 26.2 Å². The van der Waals surface area contributed by atoms with Crippen molar-refractivity contribution in [2.75, 3.05) is 25.7 Å². The number of aliphatic hydroxyl groups is 1. The maximum Gasteiger partial charge on any atom is 0.119 e. The van der Waals surface area contributed by atoms with Crippen LogP contribution >= 0.6 is 23.4 Å². The Bertz CT molecular complexity index is 506. The molecule has 1 N–H and O–H groups in total. The Kier molecular flexibility index (Phi) is 8.15. The molecule has 23 heavy (non-hydrogen) atoms. The molecule has 0 heterocycles. The predicted molar refractivity (Wildman–Crippen MR) is 95.0 cm³/mol. The van der Waals surface area contributed by atoms with Crippen molar-refractivity contribution in [3.05, 3.63) is 48.5 Å². The van der Waals surface area contributed by atoms with Gasteiger partial charge in [-0.1, -0.05) is 11.8 Å². The van der Waals surface area contributed by atoms with Crippen LogP contribution in [0.5, 0.6) is 11.5 Å². The number of ether oxygens (including phenoxy) is 2. The summed E-state index contributed by atoms with van der Waals surface area (Å²) in [6.07, 6.45) is 1.50. The van der Waals surface area contributed by atoms with Crippen LogP contribution in [0.3, 0.4) is 0 Å². The molecule has 0 aliphatic rings. The minimum atomic E-state index is 0.152. The van der Waals surface area contributed by atoms with Gasteiger partial charge in [0, 0.05) is 28.7 Å². The molecule has 0 saturated heterocycles. The molecular weight excluding hydrogens is 332 g/mol. The quantitative estimate of drug-likeness (QED) is 0.500. The fraction of sp³-hybridized carbons (Fsp3) is 0.333. The van der Waals surface area contributed by atoms with Crippen LogP contribution < -0.4 is 9.47 Å². The van der Waals surface area contributed by atoms with Gasteiger partial charge in [0.15, 0.2) is 0 Å². The smallest absolute Gasteiger partial charge is 0.119 e. The number of alkyl halides is 1. The third-order valence-corrected chi connectivity index (χ3v) is 4.28. The zero-order valence-electron chi connectivity index (χ0n) is 12.9. The molecule has 0 saturated carbocycles. The van der Waals surface area contributed by atoms with E-state index in [1.165, 1.54) is 0 Å². The van der Waals surface area contributed by atoms with Crippen LogP contribution in [0.4, 0.5) is 0 Å². The van der Waals surface area contributed by atoms with Crippen molar-refractivity contribution in [2.45, 2.75) is 22.6 Å². The Morgan fingerprint density at radius 1 is 0.783 bits per heavy atom. The van der Waals surface area contributed by atoms with E-state index in [9.17, 15) is 0 Å². The number of halogens is 1. The fourth-order valence-corrected chi connectivity index (χ4v) is 2.77. The lowest BCUT2D eigenvalue weighted by Gasteiger charge is -2.08. The molecular formula is C18H21ClO3S. The predicted octanol–water partition coefficient (Wildman–Crippen LogP) is 4.61. The van der Waals surface area contributed by atoms with Gasteiger partial charge in [0.1, 0.15) is 11.5 Å². The topological polar surface area (TPSA) is 38.7 Å². The first-order chi connectivity index (χ1) is 11.3. The van der Waals surface area contributed by atoms with Crippen molar-refractivity contribution in [2.24, 2.45) is 0 Å². The van der Waals surface area contributed by atoms with Gasteiger partial charge in [-0.05, 0) is 55.0 Å². The SMILES string of the molecule is OCCCOc1ccc(Sc2ccc(OCCCCl)cc2)cc1. The van der Waals surface area contributed by atoms with Gasteiger partial charge >= 0.3 is 0 Å². The summed E-state index contributed by atoms with van der Waals surface area (Å²) in [6.45, 7) is 1.33. The molecule has 124 valence electrons. The van der Waals surface area contributed by atoms with Crippen LogP contribution in [0.15, 0.2) is 58.3 Å². The molecule has 0 aromatic heterocycles. The van der Waals surface area contributed by atoms with Crippen LogP contribution in [0.25, 0.3) is 0 Å². The first-order valence-corrected chi connectivity index (χ1v) is 8.97. The van der Waals surface area contributed by atoms with Crippen molar-refractivity contribution in [1.82, 2.24) is 0 Å². The molecule has 0 atom stereocenters. The number of benzene rings is 2. The minimum absolute atomic E-state index is 0.152. The van der Waals surface area contributed by atoms with E-state index in [1.54, 1.807) is 11.8 Å². The largest absolute Gasteiger partial charge is 0.494 e. The molecule has 0 radical (unpaired) electrons. The summed E-state index contributed by atoms with van der Waals surface area (Å²) < 4.78 is 11.1. The van der Waals surface area contributed by atoms with Crippen molar-refractivity contribution in [1.29, 1.82) is 0 Å². The molecule has 2 aromatic carbocycles. The summed E-state index contributed by atoms with van der Waals surface area (Å²) in [7, 11) is 0. The van der Waals surface area contributed by atoms with Gasteiger partial charge in [0.2, 0.25) is 0 Å². The number of hydrogen-bond acceptors (Lipinski definition) is 4. The molecule has 0 amide bonds. The van der Waals surface area contributed by atoms with Crippen LogP contribution in [-0.2, 0) is 0 Å². The Morgan fingerprint density at radius 2 is 1.26 bits per heavy atom. The highest BCUT2D eigenvalue weighted by molar-refractivity contribution is 7.99. The van der Waals surface area contributed by atoms with E-state index in [0.717, 1.165) is 27.7 Å². The summed E-state index contributed by atoms with van der Waals surface area (Å²) in [6, 6.07) is 16.0. The summed E-state index contributed by atoms with van der Waals surface area (Å²) >= 11 is 7.32. The molecule has 2 rings (SSSR count).